The minimum atomic E-state index is -4.83. The van der Waals surface area contributed by atoms with Gasteiger partial charge in [-0.25, -0.2) is 5.84 Å². The summed E-state index contributed by atoms with van der Waals surface area (Å²) in [5.74, 6) is 4.56. The molecule has 0 aliphatic heterocycles. The fraction of sp³-hybridized carbons (Fsp3) is 0.292. The molecule has 0 bridgehead atoms. The topological polar surface area (TPSA) is 166 Å². The normalized spacial score (nSPS) is 11.6. The minimum absolute atomic E-state index is 0.0252. The summed E-state index contributed by atoms with van der Waals surface area (Å²) in [7, 11) is 0. The van der Waals surface area contributed by atoms with Gasteiger partial charge in [0.2, 0.25) is 5.91 Å². The lowest BCUT2D eigenvalue weighted by atomic mass is 10.1. The van der Waals surface area contributed by atoms with Gasteiger partial charge in [-0.1, -0.05) is 23.4 Å². The van der Waals surface area contributed by atoms with Crippen LogP contribution in [0.5, 0.6) is 5.75 Å². The number of rotatable bonds is 13. The van der Waals surface area contributed by atoms with Crippen molar-refractivity contribution >= 4 is 11.8 Å². The van der Waals surface area contributed by atoms with Crippen molar-refractivity contribution in [2.75, 3.05) is 6.54 Å². The van der Waals surface area contributed by atoms with Gasteiger partial charge in [-0.05, 0) is 42.7 Å². The van der Waals surface area contributed by atoms with Gasteiger partial charge in [-0.2, -0.15) is 0 Å². The zero-order valence-corrected chi connectivity index (χ0v) is 20.8. The van der Waals surface area contributed by atoms with Crippen LogP contribution in [-0.2, 0) is 24.3 Å². The fourth-order valence-corrected chi connectivity index (χ4v) is 3.36. The van der Waals surface area contributed by atoms with E-state index in [4.69, 9.17) is 11.6 Å². The molecule has 15 heteroatoms. The molecule has 2 amide bonds. The highest BCUT2D eigenvalue weighted by Crippen LogP contribution is 2.23. The molecule has 1 aromatic carbocycles. The van der Waals surface area contributed by atoms with Gasteiger partial charge >= 0.3 is 6.36 Å². The molecule has 3 rings (SSSR count). The number of hydrogen-bond acceptors (Lipinski definition) is 9. The molecule has 208 valence electrons. The lowest BCUT2D eigenvalue weighted by molar-refractivity contribution is -0.274. The Labute approximate surface area is 221 Å². The van der Waals surface area contributed by atoms with Gasteiger partial charge in [0.25, 0.3) is 5.91 Å². The predicted octanol–water partition coefficient (Wildman–Crippen LogP) is 1.57. The second-order valence-electron chi connectivity index (χ2n) is 8.32. The first-order valence-corrected chi connectivity index (χ1v) is 11.8. The standard InChI is InChI=1S/C24H28F3N9O3/c25-24(26,27)39-19-8-5-6-17(12-19)13-22(37)32-21(28)16-35(29)10-3-4-11-36-15-20(33-34-36)23(38)31-14-18-7-1-2-9-30-18/h1-2,5-9,12,15-16H,3-4,10-11,13-14,28-29H2,(H,31,38)(H,32,37)/b21-16+. The first kappa shape index (κ1) is 28.9. The van der Waals surface area contributed by atoms with Crippen LogP contribution in [-0.4, -0.2) is 49.7 Å². The van der Waals surface area contributed by atoms with Crippen LogP contribution in [0.15, 0.2) is 66.9 Å². The number of hydrogen-bond donors (Lipinski definition) is 4. The van der Waals surface area contributed by atoms with E-state index in [0.717, 1.165) is 17.8 Å². The summed E-state index contributed by atoms with van der Waals surface area (Å²) in [6.07, 6.45) is 0.796. The predicted molar refractivity (Wildman–Crippen MR) is 133 cm³/mol. The van der Waals surface area contributed by atoms with E-state index in [1.807, 2.05) is 6.07 Å². The zero-order valence-electron chi connectivity index (χ0n) is 20.8. The van der Waals surface area contributed by atoms with Crippen LogP contribution < -0.4 is 26.9 Å². The summed E-state index contributed by atoms with van der Waals surface area (Å²) < 4.78 is 42.5. The molecule has 39 heavy (non-hydrogen) atoms. The number of amides is 2. The number of nitrogens with zero attached hydrogens (tertiary/aromatic N) is 5. The zero-order chi connectivity index (χ0) is 28.3. The molecule has 0 aliphatic rings. The van der Waals surface area contributed by atoms with Gasteiger partial charge in [-0.15, -0.1) is 18.3 Å². The Morgan fingerprint density at radius 3 is 2.72 bits per heavy atom. The van der Waals surface area contributed by atoms with Gasteiger partial charge in [-0.3, -0.25) is 19.3 Å². The monoisotopic (exact) mass is 547 g/mol. The van der Waals surface area contributed by atoms with Gasteiger partial charge in [0, 0.05) is 19.3 Å². The number of aromatic nitrogens is 4. The summed E-state index contributed by atoms with van der Waals surface area (Å²) in [6, 6.07) is 10.5. The maximum Gasteiger partial charge on any atom is 0.573 e. The number of unbranched alkanes of at least 4 members (excludes halogenated alkanes) is 1. The van der Waals surface area contributed by atoms with Crippen LogP contribution in [0.1, 0.15) is 34.6 Å². The summed E-state index contributed by atoms with van der Waals surface area (Å²) in [6.45, 7) is 1.18. The van der Waals surface area contributed by atoms with Crippen molar-refractivity contribution in [3.63, 3.8) is 0 Å². The van der Waals surface area contributed by atoms with Crippen molar-refractivity contribution < 1.29 is 27.5 Å². The third-order valence-electron chi connectivity index (χ3n) is 5.07. The number of nitrogens with one attached hydrogen (secondary N) is 2. The Kier molecular flexibility index (Phi) is 10.2. The number of pyridine rings is 1. The van der Waals surface area contributed by atoms with Crippen molar-refractivity contribution in [3.8, 4) is 5.75 Å². The summed E-state index contributed by atoms with van der Waals surface area (Å²) in [5.41, 5.74) is 7.03. The Bertz CT molecular complexity index is 1270. The first-order chi connectivity index (χ1) is 18.6. The molecule has 0 atom stereocenters. The molecule has 0 saturated carbocycles. The highest BCUT2D eigenvalue weighted by atomic mass is 19.4. The molecule has 0 fully saturated rings. The highest BCUT2D eigenvalue weighted by Gasteiger charge is 2.31. The number of ether oxygens (including phenoxy) is 1. The molecule has 0 spiro atoms. The van der Waals surface area contributed by atoms with E-state index in [1.165, 1.54) is 23.3 Å². The number of hydrazine groups is 1. The van der Waals surface area contributed by atoms with E-state index < -0.39 is 18.0 Å². The quantitative estimate of drug-likeness (QED) is 0.141. The van der Waals surface area contributed by atoms with Crippen molar-refractivity contribution in [1.29, 1.82) is 0 Å². The Balaban J connectivity index is 1.35. The third-order valence-corrected chi connectivity index (χ3v) is 5.07. The molecule has 0 radical (unpaired) electrons. The lowest BCUT2D eigenvalue weighted by Crippen LogP contribution is -2.34. The summed E-state index contributed by atoms with van der Waals surface area (Å²) in [5, 5.41) is 14.3. The smallest absolute Gasteiger partial charge is 0.406 e. The van der Waals surface area contributed by atoms with Crippen LogP contribution >= 0.6 is 0 Å². The first-order valence-electron chi connectivity index (χ1n) is 11.8. The van der Waals surface area contributed by atoms with E-state index in [0.29, 0.717) is 31.5 Å². The van der Waals surface area contributed by atoms with Gasteiger partial charge in [0.1, 0.15) is 11.6 Å². The van der Waals surface area contributed by atoms with Crippen molar-refractivity contribution in [2.24, 2.45) is 11.6 Å². The fourth-order valence-electron chi connectivity index (χ4n) is 3.36. The van der Waals surface area contributed by atoms with Gasteiger partial charge in [0.05, 0.1) is 31.1 Å². The molecule has 2 heterocycles. The number of benzene rings is 1. The molecule has 3 aromatic rings. The van der Waals surface area contributed by atoms with Crippen LogP contribution in [0.4, 0.5) is 13.2 Å². The SMILES string of the molecule is N/C(=C\N(N)CCCCn1cc(C(=O)NCc2ccccn2)nn1)NC(=O)Cc1cccc(OC(F)(F)F)c1. The van der Waals surface area contributed by atoms with E-state index >= 15 is 0 Å². The number of aryl methyl sites for hydroxylation is 1. The van der Waals surface area contributed by atoms with Crippen LogP contribution in [0.2, 0.25) is 0 Å². The average molecular weight is 548 g/mol. The molecule has 0 aliphatic carbocycles. The number of halogens is 3. The van der Waals surface area contributed by atoms with Crippen LogP contribution in [0, 0.1) is 0 Å². The van der Waals surface area contributed by atoms with Gasteiger partial charge in [0.15, 0.2) is 5.69 Å². The van der Waals surface area contributed by atoms with E-state index in [1.54, 1.807) is 29.2 Å². The summed E-state index contributed by atoms with van der Waals surface area (Å²) in [4.78, 5) is 28.5. The molecule has 2 aromatic heterocycles. The van der Waals surface area contributed by atoms with Crippen molar-refractivity contribution in [2.45, 2.75) is 38.7 Å². The largest absolute Gasteiger partial charge is 0.573 e. The third kappa shape index (κ3) is 10.7. The molecular weight excluding hydrogens is 519 g/mol. The lowest BCUT2D eigenvalue weighted by Gasteiger charge is -2.15. The number of alkyl halides is 3. The molecule has 6 N–H and O–H groups in total. The van der Waals surface area contributed by atoms with Gasteiger partial charge < -0.3 is 26.1 Å². The number of nitrogens with two attached hydrogens (primary N) is 2. The Morgan fingerprint density at radius 1 is 1.15 bits per heavy atom. The minimum Gasteiger partial charge on any atom is -0.406 e. The molecule has 0 saturated heterocycles. The maximum absolute atomic E-state index is 12.4. The molecule has 0 unspecified atom stereocenters. The maximum atomic E-state index is 12.4. The van der Waals surface area contributed by atoms with Crippen LogP contribution in [0.3, 0.4) is 0 Å². The average Bonchev–Trinajstić information content (AvgIpc) is 3.34. The van der Waals surface area contributed by atoms with E-state index in [9.17, 15) is 22.8 Å². The second-order valence-corrected chi connectivity index (χ2v) is 8.32. The second kappa shape index (κ2) is 13.8. The number of carbonyl (C=O) groups is 2. The number of carbonyl (C=O) groups excluding carboxylic acids is 2. The van der Waals surface area contributed by atoms with Crippen LogP contribution in [0.25, 0.3) is 0 Å². The van der Waals surface area contributed by atoms with E-state index in [2.05, 4.69) is 30.7 Å². The highest BCUT2D eigenvalue weighted by molar-refractivity contribution is 5.91. The Hall–Kier alpha value is -4.66. The van der Waals surface area contributed by atoms with E-state index in [-0.39, 0.29) is 30.4 Å². The molecular formula is C24H28F3N9O3. The molecule has 12 nitrogen and oxygen atoms in total. The summed E-state index contributed by atoms with van der Waals surface area (Å²) >= 11 is 0. The Morgan fingerprint density at radius 2 is 1.97 bits per heavy atom. The van der Waals surface area contributed by atoms with Crippen molar-refractivity contribution in [3.05, 3.63) is 83.8 Å². The van der Waals surface area contributed by atoms with Crippen molar-refractivity contribution in [1.82, 2.24) is 35.6 Å².